The van der Waals surface area contributed by atoms with Gasteiger partial charge in [0.1, 0.15) is 5.60 Å². The van der Waals surface area contributed by atoms with Crippen molar-refractivity contribution in [1.29, 1.82) is 0 Å². The first kappa shape index (κ1) is 14.4. The van der Waals surface area contributed by atoms with E-state index in [0.29, 0.717) is 11.3 Å². The van der Waals surface area contributed by atoms with E-state index in [9.17, 15) is 9.90 Å². The number of carbonyl (C=O) groups excluding carboxylic acids is 1. The SMILES string of the molecule is CO[C@@H](O)c1ccncc1NC(=O)OC(C)(C)C. The molecule has 6 heteroatoms. The second kappa shape index (κ2) is 5.79. The number of nitrogens with one attached hydrogen (secondary N) is 1. The Morgan fingerprint density at radius 1 is 1.50 bits per heavy atom. The van der Waals surface area contributed by atoms with Crippen molar-refractivity contribution in [2.24, 2.45) is 0 Å². The molecule has 1 aromatic rings. The molecule has 6 nitrogen and oxygen atoms in total. The molecule has 100 valence electrons. The maximum absolute atomic E-state index is 11.6. The maximum atomic E-state index is 11.6. The van der Waals surface area contributed by atoms with Crippen LogP contribution in [-0.4, -0.2) is 28.9 Å². The van der Waals surface area contributed by atoms with Gasteiger partial charge < -0.3 is 14.6 Å². The molecule has 18 heavy (non-hydrogen) atoms. The van der Waals surface area contributed by atoms with Gasteiger partial charge in [0.2, 0.25) is 0 Å². The zero-order chi connectivity index (χ0) is 13.8. The fourth-order valence-corrected chi connectivity index (χ4v) is 1.27. The summed E-state index contributed by atoms with van der Waals surface area (Å²) in [5.74, 6) is 0. The number of rotatable bonds is 3. The van der Waals surface area contributed by atoms with Crippen LogP contribution in [0.1, 0.15) is 32.6 Å². The van der Waals surface area contributed by atoms with Crippen LogP contribution in [0.4, 0.5) is 10.5 Å². The quantitative estimate of drug-likeness (QED) is 0.807. The standard InChI is InChI=1S/C12H18N2O4/c1-12(2,3)18-11(16)14-9-7-13-6-5-8(9)10(15)17-4/h5-7,10,15H,1-4H3,(H,14,16)/t10-/m1/s1. The normalized spacial score (nSPS) is 12.9. The summed E-state index contributed by atoms with van der Waals surface area (Å²) in [7, 11) is 1.36. The van der Waals surface area contributed by atoms with Crippen LogP contribution in [0.25, 0.3) is 0 Å². The molecule has 0 fully saturated rings. The molecular formula is C12H18N2O4. The zero-order valence-electron chi connectivity index (χ0n) is 10.9. The van der Waals surface area contributed by atoms with Crippen molar-refractivity contribution in [3.05, 3.63) is 24.0 Å². The lowest BCUT2D eigenvalue weighted by Gasteiger charge is -2.20. The Labute approximate surface area is 106 Å². The average molecular weight is 254 g/mol. The van der Waals surface area contributed by atoms with Crippen molar-refractivity contribution in [3.8, 4) is 0 Å². The number of nitrogens with zero attached hydrogens (tertiary/aromatic N) is 1. The molecule has 0 aliphatic carbocycles. The molecule has 2 N–H and O–H groups in total. The van der Waals surface area contributed by atoms with Gasteiger partial charge in [-0.05, 0) is 26.8 Å². The van der Waals surface area contributed by atoms with E-state index in [1.807, 2.05) is 0 Å². The van der Waals surface area contributed by atoms with Gasteiger partial charge in [-0.25, -0.2) is 4.79 Å². The largest absolute Gasteiger partial charge is 0.444 e. The first-order valence-electron chi connectivity index (χ1n) is 5.48. The molecule has 0 unspecified atom stereocenters. The number of aliphatic hydroxyl groups is 1. The first-order valence-corrected chi connectivity index (χ1v) is 5.48. The van der Waals surface area contributed by atoms with E-state index >= 15 is 0 Å². The van der Waals surface area contributed by atoms with Crippen LogP contribution in [0.2, 0.25) is 0 Å². The highest BCUT2D eigenvalue weighted by Gasteiger charge is 2.19. The van der Waals surface area contributed by atoms with Crippen LogP contribution < -0.4 is 5.32 Å². The maximum Gasteiger partial charge on any atom is 0.412 e. The molecule has 0 saturated heterocycles. The van der Waals surface area contributed by atoms with Crippen molar-refractivity contribution < 1.29 is 19.4 Å². The number of aliphatic hydroxyl groups excluding tert-OH is 1. The molecule has 1 atom stereocenters. The number of amides is 1. The Bertz CT molecular complexity index is 415. The number of pyridine rings is 1. The Hall–Kier alpha value is -1.66. The Balaban J connectivity index is 2.81. The molecule has 0 saturated carbocycles. The summed E-state index contributed by atoms with van der Waals surface area (Å²) in [4.78, 5) is 15.5. The van der Waals surface area contributed by atoms with Gasteiger partial charge in [0.15, 0.2) is 6.29 Å². The number of anilines is 1. The van der Waals surface area contributed by atoms with Crippen LogP contribution in [0.15, 0.2) is 18.5 Å². The summed E-state index contributed by atoms with van der Waals surface area (Å²) in [6.07, 6.45) is 1.18. The minimum absolute atomic E-state index is 0.348. The highest BCUT2D eigenvalue weighted by atomic mass is 16.6. The fourth-order valence-electron chi connectivity index (χ4n) is 1.27. The van der Waals surface area contributed by atoms with E-state index in [1.54, 1.807) is 26.8 Å². The zero-order valence-corrected chi connectivity index (χ0v) is 10.9. The lowest BCUT2D eigenvalue weighted by Crippen LogP contribution is -2.27. The van der Waals surface area contributed by atoms with Crippen molar-refractivity contribution in [3.63, 3.8) is 0 Å². The third kappa shape index (κ3) is 4.31. The number of aromatic nitrogens is 1. The highest BCUT2D eigenvalue weighted by Crippen LogP contribution is 2.22. The lowest BCUT2D eigenvalue weighted by atomic mass is 10.2. The van der Waals surface area contributed by atoms with Crippen molar-refractivity contribution in [2.45, 2.75) is 32.7 Å². The first-order chi connectivity index (χ1) is 8.33. The van der Waals surface area contributed by atoms with Crippen LogP contribution >= 0.6 is 0 Å². The molecule has 0 aliphatic heterocycles. The van der Waals surface area contributed by atoms with E-state index in [0.717, 1.165) is 0 Å². The van der Waals surface area contributed by atoms with E-state index in [-0.39, 0.29) is 0 Å². The second-order valence-electron chi connectivity index (χ2n) is 4.68. The van der Waals surface area contributed by atoms with Gasteiger partial charge in [-0.3, -0.25) is 10.3 Å². The number of carbonyl (C=O) groups is 1. The van der Waals surface area contributed by atoms with Crippen LogP contribution in [-0.2, 0) is 9.47 Å². The molecule has 0 aromatic carbocycles. The molecule has 1 amide bonds. The monoisotopic (exact) mass is 254 g/mol. The predicted octanol–water partition coefficient (Wildman–Crippen LogP) is 2.07. The third-order valence-corrected chi connectivity index (χ3v) is 1.98. The average Bonchev–Trinajstić information content (AvgIpc) is 2.26. The van der Waals surface area contributed by atoms with Crippen LogP contribution in [0.5, 0.6) is 0 Å². The summed E-state index contributed by atoms with van der Waals surface area (Å²) in [5, 5.41) is 12.1. The van der Waals surface area contributed by atoms with Gasteiger partial charge in [-0.1, -0.05) is 0 Å². The molecule has 0 bridgehead atoms. The smallest absolute Gasteiger partial charge is 0.412 e. The van der Waals surface area contributed by atoms with E-state index in [1.165, 1.54) is 19.5 Å². The van der Waals surface area contributed by atoms with E-state index in [4.69, 9.17) is 9.47 Å². The van der Waals surface area contributed by atoms with Gasteiger partial charge in [-0.15, -0.1) is 0 Å². The van der Waals surface area contributed by atoms with Crippen LogP contribution in [0.3, 0.4) is 0 Å². The second-order valence-corrected chi connectivity index (χ2v) is 4.68. The Kier molecular flexibility index (Phi) is 4.63. The number of methoxy groups -OCH3 is 1. The number of ether oxygens (including phenoxy) is 2. The molecule has 1 heterocycles. The van der Waals surface area contributed by atoms with Gasteiger partial charge in [0.05, 0.1) is 11.9 Å². The Morgan fingerprint density at radius 2 is 2.17 bits per heavy atom. The molecular weight excluding hydrogens is 236 g/mol. The summed E-state index contributed by atoms with van der Waals surface area (Å²) >= 11 is 0. The van der Waals surface area contributed by atoms with Gasteiger partial charge >= 0.3 is 6.09 Å². The van der Waals surface area contributed by atoms with Gasteiger partial charge in [0.25, 0.3) is 0 Å². The summed E-state index contributed by atoms with van der Waals surface area (Å²) < 4.78 is 9.90. The van der Waals surface area contributed by atoms with E-state index in [2.05, 4.69) is 10.3 Å². The third-order valence-electron chi connectivity index (χ3n) is 1.98. The van der Waals surface area contributed by atoms with Gasteiger partial charge in [-0.2, -0.15) is 0 Å². The number of hydrogen-bond donors (Lipinski definition) is 2. The fraction of sp³-hybridized carbons (Fsp3) is 0.500. The highest BCUT2D eigenvalue weighted by molar-refractivity contribution is 5.85. The summed E-state index contributed by atoms with van der Waals surface area (Å²) in [6.45, 7) is 5.29. The summed E-state index contributed by atoms with van der Waals surface area (Å²) in [5.41, 5.74) is 0.172. The van der Waals surface area contributed by atoms with Crippen LogP contribution in [0, 0.1) is 0 Å². The predicted molar refractivity (Wildman–Crippen MR) is 66.1 cm³/mol. The molecule has 1 rings (SSSR count). The molecule has 0 radical (unpaired) electrons. The lowest BCUT2D eigenvalue weighted by molar-refractivity contribution is -0.0764. The summed E-state index contributed by atoms with van der Waals surface area (Å²) in [6, 6.07) is 1.56. The van der Waals surface area contributed by atoms with Crippen molar-refractivity contribution in [1.82, 2.24) is 4.98 Å². The van der Waals surface area contributed by atoms with Crippen molar-refractivity contribution in [2.75, 3.05) is 12.4 Å². The minimum Gasteiger partial charge on any atom is -0.444 e. The number of hydrogen-bond acceptors (Lipinski definition) is 5. The molecule has 0 spiro atoms. The molecule has 0 aliphatic rings. The molecule has 1 aromatic heterocycles. The van der Waals surface area contributed by atoms with Crippen molar-refractivity contribution >= 4 is 11.8 Å². The van der Waals surface area contributed by atoms with Gasteiger partial charge in [0, 0.05) is 18.9 Å². The Morgan fingerprint density at radius 3 is 2.72 bits per heavy atom. The van der Waals surface area contributed by atoms with E-state index < -0.39 is 18.0 Å². The minimum atomic E-state index is -1.13. The topological polar surface area (TPSA) is 80.7 Å².